The average Bonchev–Trinajstić information content (AvgIpc) is 2.04. The van der Waals surface area contributed by atoms with Gasteiger partial charge in [-0.25, -0.2) is 4.39 Å². The van der Waals surface area contributed by atoms with E-state index in [9.17, 15) is 9.50 Å². The van der Waals surface area contributed by atoms with Crippen molar-refractivity contribution in [1.82, 2.24) is 0 Å². The van der Waals surface area contributed by atoms with Crippen LogP contribution in [-0.4, -0.2) is 5.11 Å². The first kappa shape index (κ1) is 10.5. The molecule has 1 N–H and O–H groups in total. The van der Waals surface area contributed by atoms with Gasteiger partial charge in [-0.3, -0.25) is 0 Å². The fraction of sp³-hybridized carbons (Fsp3) is 0.400. The van der Waals surface area contributed by atoms with Gasteiger partial charge in [0.05, 0.1) is 6.10 Å². The Hall–Kier alpha value is -0.600. The largest absolute Gasteiger partial charge is 0.388 e. The van der Waals surface area contributed by atoms with Crippen molar-refractivity contribution in [3.63, 3.8) is 0 Å². The van der Waals surface area contributed by atoms with Crippen molar-refractivity contribution >= 4 is 11.6 Å². The lowest BCUT2D eigenvalue weighted by Crippen LogP contribution is -2.00. The molecule has 0 aromatic heterocycles. The van der Waals surface area contributed by atoms with E-state index in [0.717, 1.165) is 6.42 Å². The smallest absolute Gasteiger partial charge is 0.130 e. The number of aliphatic hydroxyl groups excluding tert-OH is 1. The molecule has 13 heavy (non-hydrogen) atoms. The number of rotatable bonds is 3. The van der Waals surface area contributed by atoms with E-state index >= 15 is 0 Å². The molecule has 1 rings (SSSR count). The van der Waals surface area contributed by atoms with E-state index in [-0.39, 0.29) is 5.56 Å². The Kier molecular flexibility index (Phi) is 3.70. The minimum absolute atomic E-state index is 0.214. The molecule has 0 aliphatic carbocycles. The molecule has 1 atom stereocenters. The number of benzene rings is 1. The fourth-order valence-electron chi connectivity index (χ4n) is 1.25. The van der Waals surface area contributed by atoms with Gasteiger partial charge in [-0.05, 0) is 18.6 Å². The van der Waals surface area contributed by atoms with Crippen LogP contribution in [0.2, 0.25) is 5.02 Å². The second kappa shape index (κ2) is 4.58. The van der Waals surface area contributed by atoms with Gasteiger partial charge in [0, 0.05) is 10.6 Å². The van der Waals surface area contributed by atoms with E-state index in [1.165, 1.54) is 12.1 Å². The molecule has 72 valence electrons. The number of aliphatic hydroxyl groups is 1. The summed E-state index contributed by atoms with van der Waals surface area (Å²) in [4.78, 5) is 0. The van der Waals surface area contributed by atoms with Gasteiger partial charge in [0.25, 0.3) is 0 Å². The van der Waals surface area contributed by atoms with Crippen LogP contribution < -0.4 is 0 Å². The summed E-state index contributed by atoms with van der Waals surface area (Å²) in [7, 11) is 0. The summed E-state index contributed by atoms with van der Waals surface area (Å²) >= 11 is 5.76. The maximum absolute atomic E-state index is 13.2. The highest BCUT2D eigenvalue weighted by molar-refractivity contribution is 6.31. The Morgan fingerprint density at radius 2 is 2.23 bits per heavy atom. The molecule has 0 bridgehead atoms. The molecule has 1 nitrogen and oxygen atoms in total. The molecule has 0 saturated carbocycles. The Morgan fingerprint density at radius 1 is 1.54 bits per heavy atom. The molecule has 3 heteroatoms. The van der Waals surface area contributed by atoms with E-state index in [0.29, 0.717) is 11.4 Å². The molecule has 0 saturated heterocycles. The molecule has 0 aliphatic rings. The third-order valence-corrected chi connectivity index (χ3v) is 2.22. The Balaban J connectivity index is 2.98. The van der Waals surface area contributed by atoms with Gasteiger partial charge >= 0.3 is 0 Å². The summed E-state index contributed by atoms with van der Waals surface area (Å²) in [5.74, 6) is -0.437. The van der Waals surface area contributed by atoms with Crippen molar-refractivity contribution in [3.05, 3.63) is 34.6 Å². The highest BCUT2D eigenvalue weighted by atomic mass is 35.5. The van der Waals surface area contributed by atoms with Gasteiger partial charge in [0.1, 0.15) is 5.82 Å². The summed E-state index contributed by atoms with van der Waals surface area (Å²) in [6, 6.07) is 4.42. The first-order valence-electron chi connectivity index (χ1n) is 4.28. The van der Waals surface area contributed by atoms with Crippen LogP contribution in [0.15, 0.2) is 18.2 Å². The van der Waals surface area contributed by atoms with E-state index in [1.807, 2.05) is 6.92 Å². The predicted octanol–water partition coefficient (Wildman–Crippen LogP) is 3.31. The van der Waals surface area contributed by atoms with Crippen molar-refractivity contribution in [3.8, 4) is 0 Å². The summed E-state index contributed by atoms with van der Waals surface area (Å²) in [6.07, 6.45) is 0.533. The zero-order valence-corrected chi connectivity index (χ0v) is 8.18. The van der Waals surface area contributed by atoms with Crippen molar-refractivity contribution in [2.45, 2.75) is 25.9 Å². The molecule has 0 aliphatic heterocycles. The lowest BCUT2D eigenvalue weighted by atomic mass is 10.0. The Bertz CT molecular complexity index is 268. The average molecular weight is 203 g/mol. The molecule has 0 spiro atoms. The van der Waals surface area contributed by atoms with Crippen LogP contribution in [0.3, 0.4) is 0 Å². The van der Waals surface area contributed by atoms with Gasteiger partial charge in [-0.15, -0.1) is 0 Å². The molecule has 1 aromatic carbocycles. The maximum Gasteiger partial charge on any atom is 0.130 e. The number of hydrogen-bond donors (Lipinski definition) is 1. The molecule has 0 fully saturated rings. The topological polar surface area (TPSA) is 20.2 Å². The van der Waals surface area contributed by atoms with Crippen molar-refractivity contribution in [1.29, 1.82) is 0 Å². The standard InChI is InChI=1S/C10H12ClFO/c1-2-4-9(13)10-7(11)5-3-6-8(10)12/h3,5-6,9,13H,2,4H2,1H3. The minimum Gasteiger partial charge on any atom is -0.388 e. The van der Waals surface area contributed by atoms with Crippen LogP contribution in [0.4, 0.5) is 4.39 Å². The number of halogens is 2. The first-order valence-corrected chi connectivity index (χ1v) is 4.66. The van der Waals surface area contributed by atoms with Crippen molar-refractivity contribution < 1.29 is 9.50 Å². The lowest BCUT2D eigenvalue weighted by Gasteiger charge is -2.11. The molecule has 1 unspecified atom stereocenters. The van der Waals surface area contributed by atoms with Gasteiger partial charge < -0.3 is 5.11 Å². The lowest BCUT2D eigenvalue weighted by molar-refractivity contribution is 0.162. The van der Waals surface area contributed by atoms with Gasteiger partial charge in [-0.1, -0.05) is 31.0 Å². The van der Waals surface area contributed by atoms with Gasteiger partial charge in [0.2, 0.25) is 0 Å². The highest BCUT2D eigenvalue weighted by Gasteiger charge is 2.14. The normalized spacial score (nSPS) is 12.9. The Labute approximate surface area is 82.2 Å². The maximum atomic E-state index is 13.2. The van der Waals surface area contributed by atoms with Crippen LogP contribution in [0, 0.1) is 5.82 Å². The van der Waals surface area contributed by atoms with Crippen molar-refractivity contribution in [2.24, 2.45) is 0 Å². The van der Waals surface area contributed by atoms with E-state index in [2.05, 4.69) is 0 Å². The molecular formula is C10H12ClFO. The van der Waals surface area contributed by atoms with Crippen molar-refractivity contribution in [2.75, 3.05) is 0 Å². The van der Waals surface area contributed by atoms with Gasteiger partial charge in [0.15, 0.2) is 0 Å². The van der Waals surface area contributed by atoms with Crippen LogP contribution in [0.25, 0.3) is 0 Å². The molecule has 1 aromatic rings. The molecule has 0 amide bonds. The van der Waals surface area contributed by atoms with E-state index in [1.54, 1.807) is 6.07 Å². The highest BCUT2D eigenvalue weighted by Crippen LogP contribution is 2.28. The summed E-state index contributed by atoms with van der Waals surface area (Å²) in [5, 5.41) is 9.85. The third-order valence-electron chi connectivity index (χ3n) is 1.90. The van der Waals surface area contributed by atoms with Crippen LogP contribution >= 0.6 is 11.6 Å². The third kappa shape index (κ3) is 2.42. The van der Waals surface area contributed by atoms with Crippen LogP contribution in [0.5, 0.6) is 0 Å². The zero-order chi connectivity index (χ0) is 9.84. The van der Waals surface area contributed by atoms with Crippen LogP contribution in [0.1, 0.15) is 31.4 Å². The zero-order valence-electron chi connectivity index (χ0n) is 7.43. The second-order valence-corrected chi connectivity index (χ2v) is 3.35. The first-order chi connectivity index (χ1) is 6.16. The second-order valence-electron chi connectivity index (χ2n) is 2.94. The molecular weight excluding hydrogens is 191 g/mol. The summed E-state index contributed by atoms with van der Waals surface area (Å²) < 4.78 is 13.2. The molecule has 0 heterocycles. The SMILES string of the molecule is CCCC(O)c1c(F)cccc1Cl. The summed E-state index contributed by atoms with van der Waals surface area (Å²) in [6.45, 7) is 1.93. The Morgan fingerprint density at radius 3 is 2.77 bits per heavy atom. The minimum atomic E-state index is -0.793. The fourth-order valence-corrected chi connectivity index (χ4v) is 1.54. The van der Waals surface area contributed by atoms with Gasteiger partial charge in [-0.2, -0.15) is 0 Å². The van der Waals surface area contributed by atoms with Crippen LogP contribution in [-0.2, 0) is 0 Å². The predicted molar refractivity (Wildman–Crippen MR) is 51.3 cm³/mol. The number of hydrogen-bond acceptors (Lipinski definition) is 1. The summed E-state index contributed by atoms with van der Waals surface area (Å²) in [5.41, 5.74) is 0.214. The van der Waals surface area contributed by atoms with E-state index in [4.69, 9.17) is 11.6 Å². The monoisotopic (exact) mass is 202 g/mol. The quantitative estimate of drug-likeness (QED) is 0.798. The molecule has 0 radical (unpaired) electrons. The van der Waals surface area contributed by atoms with E-state index < -0.39 is 11.9 Å².